The van der Waals surface area contributed by atoms with Crippen molar-refractivity contribution in [1.82, 2.24) is 0 Å². The van der Waals surface area contributed by atoms with Gasteiger partial charge in [0.1, 0.15) is 11.3 Å². The molecule has 2 atom stereocenters. The number of nitrogens with zero attached hydrogens (tertiary/aromatic N) is 1. The molecule has 2 unspecified atom stereocenters. The van der Waals surface area contributed by atoms with Crippen LogP contribution in [0.1, 0.15) is 31.5 Å². The number of carboxylic acids is 1. The van der Waals surface area contributed by atoms with Gasteiger partial charge in [0.2, 0.25) is 0 Å². The number of alkyl halides is 1. The number of aromatic carboxylic acids is 1. The van der Waals surface area contributed by atoms with Crippen LogP contribution in [0, 0.1) is 0 Å². The van der Waals surface area contributed by atoms with E-state index in [9.17, 15) is 24.6 Å². The normalized spacial score (nSPS) is 16.1. The number of carbonyl (C=O) groups is 3. The van der Waals surface area contributed by atoms with Crippen LogP contribution >= 0.6 is 33.9 Å². The fraction of sp³-hybridized carbons (Fsp3) is 0.107. The van der Waals surface area contributed by atoms with Crippen molar-refractivity contribution in [3.05, 3.63) is 94.2 Å². The Labute approximate surface area is 236 Å². The zero-order valence-corrected chi connectivity index (χ0v) is 23.0. The second-order valence-corrected chi connectivity index (χ2v) is 10.9. The van der Waals surface area contributed by atoms with Gasteiger partial charge in [0.05, 0.1) is 9.97 Å². The third kappa shape index (κ3) is 4.96. The summed E-state index contributed by atoms with van der Waals surface area (Å²) in [5.74, 6) is -3.07. The van der Waals surface area contributed by atoms with E-state index in [0.717, 1.165) is 27.9 Å². The Morgan fingerprint density at radius 3 is 2.29 bits per heavy atom. The van der Waals surface area contributed by atoms with Crippen LogP contribution in [0.25, 0.3) is 11.1 Å². The predicted octanol–water partition coefficient (Wildman–Crippen LogP) is 6.06. The van der Waals surface area contributed by atoms with Crippen LogP contribution in [-0.4, -0.2) is 35.0 Å². The number of aromatic hydroxyl groups is 1. The quantitative estimate of drug-likeness (QED) is 0.120. The largest absolute Gasteiger partial charge is 0.507 e. The van der Waals surface area contributed by atoms with Crippen LogP contribution in [0.15, 0.2) is 77.5 Å². The minimum Gasteiger partial charge on any atom is -0.507 e. The smallest absolute Gasteiger partial charge is 0.339 e. The van der Waals surface area contributed by atoms with Crippen LogP contribution in [0.4, 0.5) is 17.1 Å². The molecule has 8 nitrogen and oxygen atoms in total. The summed E-state index contributed by atoms with van der Waals surface area (Å²) in [6, 6.07) is 19.2. The van der Waals surface area contributed by atoms with Gasteiger partial charge in [-0.1, -0.05) is 46.9 Å². The molecule has 10 heteroatoms. The van der Waals surface area contributed by atoms with Crippen molar-refractivity contribution < 1.29 is 24.6 Å². The van der Waals surface area contributed by atoms with Crippen LogP contribution in [0.5, 0.6) is 5.75 Å². The second kappa shape index (κ2) is 10.5. The Bertz CT molecular complexity index is 1540. The molecular weight excluding hydrogens is 617 g/mol. The number of carboxylic acid groups (broad SMARTS) is 1. The fourth-order valence-corrected chi connectivity index (χ4v) is 6.61. The number of thiophene rings is 1. The third-order valence-electron chi connectivity index (χ3n) is 6.44. The number of fused-ring (bicyclic) bond motifs is 1. The third-order valence-corrected chi connectivity index (χ3v) is 8.47. The SMILES string of the molecule is CN1c2cc(O)c(C(=O)O)cc2C(I)C1c1cccc(NC(=O)C(=O)Nc2ccc(-c3ccsc3)cc2)c1. The zero-order valence-electron chi connectivity index (χ0n) is 20.0. The molecule has 1 aliphatic rings. The van der Waals surface area contributed by atoms with E-state index < -0.39 is 17.8 Å². The first kappa shape index (κ1) is 25.7. The number of hydrogen-bond acceptors (Lipinski definition) is 6. The molecule has 2 heterocycles. The molecule has 3 aromatic carbocycles. The molecule has 1 aromatic heterocycles. The highest BCUT2D eigenvalue weighted by atomic mass is 127. The fourth-order valence-electron chi connectivity index (χ4n) is 4.55. The first-order chi connectivity index (χ1) is 18.2. The van der Waals surface area contributed by atoms with Crippen LogP contribution in [-0.2, 0) is 9.59 Å². The molecule has 192 valence electrons. The predicted molar refractivity (Wildman–Crippen MR) is 156 cm³/mol. The molecule has 4 aromatic rings. The maximum atomic E-state index is 12.6. The van der Waals surface area contributed by atoms with E-state index in [1.165, 1.54) is 12.1 Å². The number of anilines is 3. The average Bonchev–Trinajstić information content (AvgIpc) is 3.51. The van der Waals surface area contributed by atoms with Crippen LogP contribution in [0.3, 0.4) is 0 Å². The maximum absolute atomic E-state index is 12.6. The molecule has 4 N–H and O–H groups in total. The molecule has 0 aliphatic carbocycles. The number of amides is 2. The van der Waals surface area contributed by atoms with E-state index in [1.54, 1.807) is 41.7 Å². The summed E-state index contributed by atoms with van der Waals surface area (Å²) in [5.41, 5.74) is 5.33. The van der Waals surface area contributed by atoms with Gasteiger partial charge in [0.25, 0.3) is 0 Å². The second-order valence-electron chi connectivity index (χ2n) is 8.81. The van der Waals surface area contributed by atoms with Crippen molar-refractivity contribution in [2.24, 2.45) is 0 Å². The lowest BCUT2D eigenvalue weighted by atomic mass is 10.0. The van der Waals surface area contributed by atoms with E-state index in [1.807, 2.05) is 47.0 Å². The number of benzene rings is 3. The van der Waals surface area contributed by atoms with Crippen LogP contribution in [0.2, 0.25) is 0 Å². The molecular formula is C28H22IN3O5S. The number of carbonyl (C=O) groups excluding carboxylic acids is 2. The highest BCUT2D eigenvalue weighted by molar-refractivity contribution is 14.1. The number of hydrogen-bond donors (Lipinski definition) is 4. The monoisotopic (exact) mass is 639 g/mol. The Morgan fingerprint density at radius 2 is 1.63 bits per heavy atom. The topological polar surface area (TPSA) is 119 Å². The molecule has 38 heavy (non-hydrogen) atoms. The van der Waals surface area contributed by atoms with Gasteiger partial charge in [-0.05, 0) is 69.4 Å². The minimum atomic E-state index is -1.19. The highest BCUT2D eigenvalue weighted by Crippen LogP contribution is 2.53. The van der Waals surface area contributed by atoms with Crippen molar-refractivity contribution in [2.45, 2.75) is 9.97 Å². The Balaban J connectivity index is 1.29. The number of rotatable bonds is 5. The summed E-state index contributed by atoms with van der Waals surface area (Å²) >= 11 is 3.86. The summed E-state index contributed by atoms with van der Waals surface area (Å²) in [7, 11) is 1.87. The lowest BCUT2D eigenvalue weighted by molar-refractivity contribution is -0.132. The molecule has 2 amide bonds. The number of phenols is 1. The first-order valence-electron chi connectivity index (χ1n) is 11.5. The van der Waals surface area contributed by atoms with Gasteiger partial charge in [-0.15, -0.1) is 0 Å². The van der Waals surface area contributed by atoms with Crippen molar-refractivity contribution in [2.75, 3.05) is 22.6 Å². The molecule has 0 saturated carbocycles. The van der Waals surface area contributed by atoms with Gasteiger partial charge in [-0.25, -0.2) is 4.79 Å². The zero-order chi connectivity index (χ0) is 27.0. The first-order valence-corrected chi connectivity index (χ1v) is 13.7. The highest BCUT2D eigenvalue weighted by Gasteiger charge is 2.37. The van der Waals surface area contributed by atoms with E-state index >= 15 is 0 Å². The Morgan fingerprint density at radius 1 is 0.921 bits per heavy atom. The summed E-state index contributed by atoms with van der Waals surface area (Å²) < 4.78 is -0.113. The van der Waals surface area contributed by atoms with Gasteiger partial charge in [-0.3, -0.25) is 9.59 Å². The van der Waals surface area contributed by atoms with Gasteiger partial charge in [0, 0.05) is 30.2 Å². The molecule has 1 aliphatic heterocycles. The van der Waals surface area contributed by atoms with Crippen LogP contribution < -0.4 is 15.5 Å². The number of likely N-dealkylation sites (N-methyl/N-ethyl adjacent to an activating group) is 1. The van der Waals surface area contributed by atoms with Gasteiger partial charge in [0.15, 0.2) is 0 Å². The molecule has 0 radical (unpaired) electrons. The van der Waals surface area contributed by atoms with E-state index in [2.05, 4.69) is 33.2 Å². The van der Waals surface area contributed by atoms with Crippen molar-refractivity contribution >= 4 is 68.8 Å². The summed E-state index contributed by atoms with van der Waals surface area (Å²) in [4.78, 5) is 38.6. The lowest BCUT2D eigenvalue weighted by Crippen LogP contribution is -2.29. The van der Waals surface area contributed by atoms with E-state index in [-0.39, 0.29) is 21.3 Å². The maximum Gasteiger partial charge on any atom is 0.339 e. The minimum absolute atomic E-state index is 0.113. The number of nitrogens with one attached hydrogen (secondary N) is 2. The Hall–Kier alpha value is -3.90. The number of halogens is 1. The molecule has 0 fully saturated rings. The molecule has 0 bridgehead atoms. The van der Waals surface area contributed by atoms with Crippen molar-refractivity contribution in [3.63, 3.8) is 0 Å². The van der Waals surface area contributed by atoms with E-state index in [0.29, 0.717) is 11.4 Å². The molecule has 0 spiro atoms. The van der Waals surface area contributed by atoms with Gasteiger partial charge < -0.3 is 25.7 Å². The van der Waals surface area contributed by atoms with Crippen molar-refractivity contribution in [1.29, 1.82) is 0 Å². The lowest BCUT2D eigenvalue weighted by Gasteiger charge is -2.25. The van der Waals surface area contributed by atoms with Crippen molar-refractivity contribution in [3.8, 4) is 16.9 Å². The van der Waals surface area contributed by atoms with E-state index in [4.69, 9.17) is 0 Å². The average molecular weight is 639 g/mol. The van der Waals surface area contributed by atoms with Gasteiger partial charge >= 0.3 is 17.8 Å². The molecule has 5 rings (SSSR count). The summed E-state index contributed by atoms with van der Waals surface area (Å²) in [5, 5.41) is 28.9. The summed E-state index contributed by atoms with van der Waals surface area (Å²) in [6.07, 6.45) is 0. The Kier molecular flexibility index (Phi) is 7.09. The molecule has 0 saturated heterocycles. The van der Waals surface area contributed by atoms with Gasteiger partial charge in [-0.2, -0.15) is 11.3 Å². The standard InChI is InChI=1S/C28H22IN3O5S/c1-32-22-13-23(33)21(28(36)37)12-20(22)24(29)25(32)16-3-2-4-19(11-16)31-27(35)26(34)30-18-7-5-15(6-8-18)17-9-10-38-14-17/h2-14,24-25,33H,1H3,(H,30,34)(H,31,35)(H,36,37). The summed E-state index contributed by atoms with van der Waals surface area (Å²) in [6.45, 7) is 0.